The second kappa shape index (κ2) is 7.41. The molecule has 0 bridgehead atoms. The number of rotatable bonds is 6. The zero-order chi connectivity index (χ0) is 9.40. The monoisotopic (exact) mass is 191 g/mol. The number of hydrogen-bond acceptors (Lipinski definition) is 2. The fourth-order valence-corrected chi connectivity index (χ4v) is 1.38. The molecule has 0 spiro atoms. The third-order valence-electron chi connectivity index (χ3n) is 1.84. The molecule has 0 saturated heterocycles. The standard InChI is InChI=1S/C9H18ClNO/c1-3-5-8(6-4-2)7-12-9(10)11/h8,11H,3-7H2,1-2H3. The summed E-state index contributed by atoms with van der Waals surface area (Å²) in [6, 6.07) is 0. The summed E-state index contributed by atoms with van der Waals surface area (Å²) in [7, 11) is 0. The van der Waals surface area contributed by atoms with E-state index < -0.39 is 0 Å². The number of nitrogens with one attached hydrogen (secondary N) is 1. The van der Waals surface area contributed by atoms with Gasteiger partial charge in [0.1, 0.15) is 0 Å². The van der Waals surface area contributed by atoms with Crippen molar-refractivity contribution in [3.8, 4) is 0 Å². The van der Waals surface area contributed by atoms with Crippen molar-refractivity contribution in [1.29, 1.82) is 5.41 Å². The van der Waals surface area contributed by atoms with Gasteiger partial charge in [0.05, 0.1) is 6.61 Å². The summed E-state index contributed by atoms with van der Waals surface area (Å²) in [5.74, 6) is 0.569. The number of halogens is 1. The lowest BCUT2D eigenvalue weighted by atomic mass is 10.00. The molecule has 0 aliphatic heterocycles. The van der Waals surface area contributed by atoms with Crippen molar-refractivity contribution in [2.75, 3.05) is 6.61 Å². The number of ether oxygens (including phenoxy) is 1. The van der Waals surface area contributed by atoms with Crippen LogP contribution in [0.1, 0.15) is 39.5 Å². The Balaban J connectivity index is 3.54. The van der Waals surface area contributed by atoms with Crippen LogP contribution in [0.4, 0.5) is 0 Å². The van der Waals surface area contributed by atoms with Gasteiger partial charge < -0.3 is 4.74 Å². The molecule has 0 aliphatic carbocycles. The van der Waals surface area contributed by atoms with Crippen LogP contribution in [0, 0.1) is 11.3 Å². The molecule has 0 aromatic heterocycles. The first-order valence-electron chi connectivity index (χ1n) is 4.57. The summed E-state index contributed by atoms with van der Waals surface area (Å²) in [5, 5.41) is 6.71. The molecule has 72 valence electrons. The van der Waals surface area contributed by atoms with Crippen molar-refractivity contribution in [1.82, 2.24) is 0 Å². The summed E-state index contributed by atoms with van der Waals surface area (Å²) in [4.78, 5) is 0. The van der Waals surface area contributed by atoms with Crippen molar-refractivity contribution in [2.45, 2.75) is 39.5 Å². The summed E-state index contributed by atoms with van der Waals surface area (Å²) in [6.45, 7) is 4.92. The van der Waals surface area contributed by atoms with E-state index in [2.05, 4.69) is 13.8 Å². The molecule has 0 aromatic carbocycles. The topological polar surface area (TPSA) is 33.1 Å². The molecule has 1 N–H and O–H groups in total. The van der Waals surface area contributed by atoms with Gasteiger partial charge in [-0.25, -0.2) is 0 Å². The lowest BCUT2D eigenvalue weighted by molar-refractivity contribution is 0.223. The Morgan fingerprint density at radius 1 is 1.33 bits per heavy atom. The van der Waals surface area contributed by atoms with Gasteiger partial charge in [0, 0.05) is 0 Å². The van der Waals surface area contributed by atoms with Crippen LogP contribution in [0.15, 0.2) is 0 Å². The minimum absolute atomic E-state index is 0.188. The van der Waals surface area contributed by atoms with Crippen molar-refractivity contribution < 1.29 is 4.74 Å². The zero-order valence-corrected chi connectivity index (χ0v) is 8.66. The first-order chi connectivity index (χ1) is 5.70. The minimum Gasteiger partial charge on any atom is -0.469 e. The van der Waals surface area contributed by atoms with Gasteiger partial charge in [0.15, 0.2) is 0 Å². The lowest BCUT2D eigenvalue weighted by Crippen LogP contribution is -2.10. The van der Waals surface area contributed by atoms with E-state index in [1.54, 1.807) is 0 Å². The predicted molar refractivity (Wildman–Crippen MR) is 52.8 cm³/mol. The highest BCUT2D eigenvalue weighted by Gasteiger charge is 2.07. The Hall–Kier alpha value is -0.240. The maximum Gasteiger partial charge on any atom is 0.279 e. The van der Waals surface area contributed by atoms with Gasteiger partial charge in [-0.1, -0.05) is 26.7 Å². The maximum atomic E-state index is 6.90. The Bertz CT molecular complexity index is 122. The largest absolute Gasteiger partial charge is 0.469 e. The summed E-state index contributed by atoms with van der Waals surface area (Å²) in [5.41, 5.74) is 0. The van der Waals surface area contributed by atoms with E-state index in [0.717, 1.165) is 12.8 Å². The van der Waals surface area contributed by atoms with E-state index in [0.29, 0.717) is 12.5 Å². The van der Waals surface area contributed by atoms with Gasteiger partial charge >= 0.3 is 0 Å². The lowest BCUT2D eigenvalue weighted by Gasteiger charge is -2.14. The van der Waals surface area contributed by atoms with Gasteiger partial charge in [-0.2, -0.15) is 0 Å². The molecule has 12 heavy (non-hydrogen) atoms. The highest BCUT2D eigenvalue weighted by Crippen LogP contribution is 2.13. The molecule has 0 amide bonds. The Morgan fingerprint density at radius 2 is 1.83 bits per heavy atom. The van der Waals surface area contributed by atoms with E-state index in [4.69, 9.17) is 21.7 Å². The molecule has 0 aromatic rings. The van der Waals surface area contributed by atoms with Crippen molar-refractivity contribution >= 4 is 17.0 Å². The SMILES string of the molecule is CCCC(CCC)COC(=N)Cl. The first-order valence-corrected chi connectivity index (χ1v) is 4.95. The van der Waals surface area contributed by atoms with Crippen molar-refractivity contribution in [3.63, 3.8) is 0 Å². The maximum absolute atomic E-state index is 6.90. The third kappa shape index (κ3) is 6.47. The van der Waals surface area contributed by atoms with Crippen LogP contribution in [0.25, 0.3) is 0 Å². The van der Waals surface area contributed by atoms with Gasteiger partial charge in [0.2, 0.25) is 0 Å². The van der Waals surface area contributed by atoms with E-state index in [1.165, 1.54) is 12.8 Å². The van der Waals surface area contributed by atoms with Gasteiger partial charge in [-0.15, -0.1) is 0 Å². The van der Waals surface area contributed by atoms with Crippen molar-refractivity contribution in [3.05, 3.63) is 0 Å². The second-order valence-corrected chi connectivity index (χ2v) is 3.37. The van der Waals surface area contributed by atoms with Crippen LogP contribution >= 0.6 is 11.6 Å². The third-order valence-corrected chi connectivity index (χ3v) is 1.95. The molecule has 0 radical (unpaired) electrons. The van der Waals surface area contributed by atoms with E-state index in [9.17, 15) is 0 Å². The molecular weight excluding hydrogens is 174 g/mol. The molecule has 2 nitrogen and oxygen atoms in total. The molecular formula is C9H18ClNO. The molecule has 3 heteroatoms. The highest BCUT2D eigenvalue weighted by atomic mass is 35.5. The fourth-order valence-electron chi connectivity index (χ4n) is 1.32. The van der Waals surface area contributed by atoms with Crippen LogP contribution in [0.2, 0.25) is 0 Å². The Labute approximate surface area is 79.8 Å². The molecule has 0 rings (SSSR count). The zero-order valence-electron chi connectivity index (χ0n) is 7.90. The quantitative estimate of drug-likeness (QED) is 0.507. The average Bonchev–Trinajstić information content (AvgIpc) is 2.01. The Morgan fingerprint density at radius 3 is 2.17 bits per heavy atom. The van der Waals surface area contributed by atoms with Crippen LogP contribution < -0.4 is 0 Å². The summed E-state index contributed by atoms with van der Waals surface area (Å²) >= 11 is 5.28. The molecule has 0 heterocycles. The minimum atomic E-state index is -0.188. The van der Waals surface area contributed by atoms with Crippen LogP contribution in [0.5, 0.6) is 0 Å². The van der Waals surface area contributed by atoms with Crippen molar-refractivity contribution in [2.24, 2.45) is 5.92 Å². The van der Waals surface area contributed by atoms with Gasteiger partial charge in [-0.3, -0.25) is 5.41 Å². The number of hydrogen-bond donors (Lipinski definition) is 1. The molecule has 0 aliphatic rings. The highest BCUT2D eigenvalue weighted by molar-refractivity contribution is 6.61. The molecule has 0 unspecified atom stereocenters. The molecule has 0 fully saturated rings. The van der Waals surface area contributed by atoms with Crippen LogP contribution in [-0.2, 0) is 4.74 Å². The van der Waals surface area contributed by atoms with E-state index in [1.807, 2.05) is 0 Å². The summed E-state index contributed by atoms with van der Waals surface area (Å²) in [6.07, 6.45) is 4.67. The second-order valence-electron chi connectivity index (χ2n) is 3.03. The van der Waals surface area contributed by atoms with Crippen LogP contribution in [-0.4, -0.2) is 12.0 Å². The first kappa shape index (κ1) is 11.8. The van der Waals surface area contributed by atoms with E-state index >= 15 is 0 Å². The molecule has 0 atom stereocenters. The smallest absolute Gasteiger partial charge is 0.279 e. The fraction of sp³-hybridized carbons (Fsp3) is 0.889. The predicted octanol–water partition coefficient (Wildman–Crippen LogP) is 3.39. The normalized spacial score (nSPS) is 10.3. The molecule has 0 saturated carbocycles. The summed E-state index contributed by atoms with van der Waals surface area (Å²) < 4.78 is 4.96. The Kier molecular flexibility index (Phi) is 7.26. The van der Waals surface area contributed by atoms with Gasteiger partial charge in [-0.05, 0) is 30.4 Å². The average molecular weight is 192 g/mol. The van der Waals surface area contributed by atoms with Gasteiger partial charge in [0.25, 0.3) is 5.36 Å². The van der Waals surface area contributed by atoms with E-state index in [-0.39, 0.29) is 5.36 Å². The van der Waals surface area contributed by atoms with Crippen LogP contribution in [0.3, 0.4) is 0 Å².